The van der Waals surface area contributed by atoms with Crippen molar-refractivity contribution in [2.75, 3.05) is 31.1 Å². The Labute approximate surface area is 162 Å². The third-order valence-electron chi connectivity index (χ3n) is 5.07. The van der Waals surface area contributed by atoms with Gasteiger partial charge < -0.3 is 20.1 Å². The van der Waals surface area contributed by atoms with Gasteiger partial charge in [0.2, 0.25) is 5.91 Å². The lowest BCUT2D eigenvalue weighted by Crippen LogP contribution is -2.48. The van der Waals surface area contributed by atoms with Gasteiger partial charge in [0.25, 0.3) is 5.91 Å². The number of H-pyrrole nitrogens is 1. The van der Waals surface area contributed by atoms with Crippen LogP contribution < -0.4 is 10.2 Å². The number of anilines is 1. The molecule has 0 spiro atoms. The molecule has 2 aromatic heterocycles. The highest BCUT2D eigenvalue weighted by Gasteiger charge is 2.21. The Hall–Kier alpha value is -3.42. The van der Waals surface area contributed by atoms with Crippen LogP contribution in [-0.4, -0.2) is 57.8 Å². The first-order chi connectivity index (χ1) is 13.6. The number of para-hydroxylation sites is 1. The van der Waals surface area contributed by atoms with Gasteiger partial charge in [0.1, 0.15) is 17.7 Å². The van der Waals surface area contributed by atoms with E-state index in [0.717, 1.165) is 24.3 Å². The van der Waals surface area contributed by atoms with Crippen molar-refractivity contribution in [3.8, 4) is 0 Å². The summed E-state index contributed by atoms with van der Waals surface area (Å²) in [5.41, 5.74) is 3.12. The maximum Gasteiger partial charge on any atom is 0.270 e. The third-order valence-corrected chi connectivity index (χ3v) is 5.07. The number of hydrogen-bond donors (Lipinski definition) is 2. The van der Waals surface area contributed by atoms with Crippen molar-refractivity contribution in [3.05, 3.63) is 54.1 Å². The van der Waals surface area contributed by atoms with Gasteiger partial charge in [-0.25, -0.2) is 9.97 Å². The second-order valence-electron chi connectivity index (χ2n) is 6.77. The van der Waals surface area contributed by atoms with E-state index in [1.165, 1.54) is 6.33 Å². The number of amides is 2. The molecule has 28 heavy (non-hydrogen) atoms. The second kappa shape index (κ2) is 7.67. The number of nitrogens with zero attached hydrogens (tertiary/aromatic N) is 4. The summed E-state index contributed by atoms with van der Waals surface area (Å²) in [6, 6.07) is 9.82. The van der Waals surface area contributed by atoms with E-state index < -0.39 is 0 Å². The van der Waals surface area contributed by atoms with E-state index in [9.17, 15) is 9.59 Å². The molecule has 4 rings (SSSR count). The van der Waals surface area contributed by atoms with Gasteiger partial charge in [-0.15, -0.1) is 0 Å². The summed E-state index contributed by atoms with van der Waals surface area (Å²) in [7, 11) is 0. The number of carbonyl (C=O) groups excluding carboxylic acids is 2. The van der Waals surface area contributed by atoms with Crippen LogP contribution in [0.5, 0.6) is 0 Å². The van der Waals surface area contributed by atoms with Gasteiger partial charge >= 0.3 is 0 Å². The van der Waals surface area contributed by atoms with Gasteiger partial charge in [-0.05, 0) is 17.7 Å². The molecule has 1 aliphatic rings. The highest BCUT2D eigenvalue weighted by Crippen LogP contribution is 2.22. The summed E-state index contributed by atoms with van der Waals surface area (Å²) >= 11 is 0. The number of aromatic nitrogens is 3. The molecule has 2 N–H and O–H groups in total. The standard InChI is InChI=1S/C20H22N6O2/c1-14(27)25-8-10-26(11-9-25)17-5-3-2-4-15(17)12-22-20(28)18-16-6-7-21-19(16)24-13-23-18/h2-7,13H,8-12H2,1H3,(H,22,28)(H,21,23,24). The number of fused-ring (bicyclic) bond motifs is 1. The zero-order valence-corrected chi connectivity index (χ0v) is 15.7. The SMILES string of the molecule is CC(=O)N1CCN(c2ccccc2CNC(=O)c2ncnc3[nH]ccc23)CC1. The highest BCUT2D eigenvalue weighted by atomic mass is 16.2. The number of hydrogen-bond acceptors (Lipinski definition) is 5. The minimum atomic E-state index is -0.233. The molecule has 0 unspecified atom stereocenters. The van der Waals surface area contributed by atoms with Crippen molar-refractivity contribution in [1.29, 1.82) is 0 Å². The largest absolute Gasteiger partial charge is 0.368 e. The predicted molar refractivity (Wildman–Crippen MR) is 106 cm³/mol. The van der Waals surface area contributed by atoms with Crippen LogP contribution in [0.1, 0.15) is 23.0 Å². The van der Waals surface area contributed by atoms with Gasteiger partial charge in [-0.2, -0.15) is 0 Å². The molecule has 0 bridgehead atoms. The maximum absolute atomic E-state index is 12.7. The fraction of sp³-hybridized carbons (Fsp3) is 0.300. The topological polar surface area (TPSA) is 94.2 Å². The quantitative estimate of drug-likeness (QED) is 0.718. The molecule has 1 fully saturated rings. The van der Waals surface area contributed by atoms with E-state index in [-0.39, 0.29) is 11.8 Å². The molecule has 0 aliphatic carbocycles. The van der Waals surface area contributed by atoms with Gasteiger partial charge in [-0.3, -0.25) is 9.59 Å². The van der Waals surface area contributed by atoms with Crippen LogP contribution in [0, 0.1) is 0 Å². The number of carbonyl (C=O) groups is 2. The molecule has 8 heteroatoms. The molecular formula is C20H22N6O2. The van der Waals surface area contributed by atoms with Crippen molar-refractivity contribution in [2.24, 2.45) is 0 Å². The fourth-order valence-electron chi connectivity index (χ4n) is 3.54. The first-order valence-corrected chi connectivity index (χ1v) is 9.28. The van der Waals surface area contributed by atoms with Gasteiger partial charge in [0.15, 0.2) is 0 Å². The van der Waals surface area contributed by atoms with Crippen molar-refractivity contribution in [2.45, 2.75) is 13.5 Å². The Kier molecular flexibility index (Phi) is 4.92. The lowest BCUT2D eigenvalue weighted by Gasteiger charge is -2.36. The highest BCUT2D eigenvalue weighted by molar-refractivity contribution is 6.03. The average molecular weight is 378 g/mol. The summed E-state index contributed by atoms with van der Waals surface area (Å²) in [6.45, 7) is 4.98. The van der Waals surface area contributed by atoms with Crippen LogP contribution in [0.25, 0.3) is 11.0 Å². The Morgan fingerprint density at radius 2 is 1.89 bits per heavy atom. The van der Waals surface area contributed by atoms with Crippen LogP contribution in [0.3, 0.4) is 0 Å². The molecule has 0 atom stereocenters. The van der Waals surface area contributed by atoms with Crippen LogP contribution >= 0.6 is 0 Å². The molecule has 144 valence electrons. The minimum Gasteiger partial charge on any atom is -0.368 e. The summed E-state index contributed by atoms with van der Waals surface area (Å²) in [5.74, 6) is -0.121. The Morgan fingerprint density at radius 3 is 2.68 bits per heavy atom. The fourth-order valence-corrected chi connectivity index (χ4v) is 3.54. The van der Waals surface area contributed by atoms with E-state index in [4.69, 9.17) is 0 Å². The lowest BCUT2D eigenvalue weighted by molar-refractivity contribution is -0.129. The molecule has 8 nitrogen and oxygen atoms in total. The van der Waals surface area contributed by atoms with E-state index >= 15 is 0 Å². The lowest BCUT2D eigenvalue weighted by atomic mass is 10.1. The van der Waals surface area contributed by atoms with Crippen LogP contribution in [0.2, 0.25) is 0 Å². The number of piperazine rings is 1. The van der Waals surface area contributed by atoms with Crippen molar-refractivity contribution in [3.63, 3.8) is 0 Å². The smallest absolute Gasteiger partial charge is 0.270 e. The molecule has 3 aromatic rings. The van der Waals surface area contributed by atoms with Crippen molar-refractivity contribution < 1.29 is 9.59 Å². The van der Waals surface area contributed by atoms with Crippen molar-refractivity contribution >= 4 is 28.5 Å². The first-order valence-electron chi connectivity index (χ1n) is 9.28. The predicted octanol–water partition coefficient (Wildman–Crippen LogP) is 1.56. The number of nitrogens with one attached hydrogen (secondary N) is 2. The van der Waals surface area contributed by atoms with Gasteiger partial charge in [0.05, 0.1) is 5.39 Å². The molecule has 2 amide bonds. The van der Waals surface area contributed by atoms with Gasteiger partial charge in [-0.1, -0.05) is 18.2 Å². The van der Waals surface area contributed by atoms with Crippen LogP contribution in [-0.2, 0) is 11.3 Å². The second-order valence-corrected chi connectivity index (χ2v) is 6.77. The van der Waals surface area contributed by atoms with E-state index in [1.54, 1.807) is 19.2 Å². The molecular weight excluding hydrogens is 356 g/mol. The Morgan fingerprint density at radius 1 is 1.11 bits per heavy atom. The normalized spacial score (nSPS) is 14.3. The zero-order valence-electron chi connectivity index (χ0n) is 15.7. The van der Waals surface area contributed by atoms with Crippen LogP contribution in [0.4, 0.5) is 5.69 Å². The molecule has 3 heterocycles. The summed E-state index contributed by atoms with van der Waals surface area (Å²) in [4.78, 5) is 39.6. The Balaban J connectivity index is 1.47. The first kappa shape index (κ1) is 18.0. The van der Waals surface area contributed by atoms with Gasteiger partial charge in [0, 0.05) is 51.5 Å². The van der Waals surface area contributed by atoms with Crippen LogP contribution in [0.15, 0.2) is 42.9 Å². The summed E-state index contributed by atoms with van der Waals surface area (Å²) < 4.78 is 0. The molecule has 0 radical (unpaired) electrons. The molecule has 1 aromatic carbocycles. The summed E-state index contributed by atoms with van der Waals surface area (Å²) in [5, 5.41) is 3.67. The van der Waals surface area contributed by atoms with E-state index in [1.807, 2.05) is 23.1 Å². The average Bonchev–Trinajstić information content (AvgIpc) is 3.21. The monoisotopic (exact) mass is 378 g/mol. The molecule has 1 saturated heterocycles. The maximum atomic E-state index is 12.7. The van der Waals surface area contributed by atoms with E-state index in [0.29, 0.717) is 36.4 Å². The third kappa shape index (κ3) is 3.53. The number of rotatable bonds is 4. The number of benzene rings is 1. The summed E-state index contributed by atoms with van der Waals surface area (Å²) in [6.07, 6.45) is 3.13. The van der Waals surface area contributed by atoms with Crippen molar-refractivity contribution in [1.82, 2.24) is 25.2 Å². The number of aromatic amines is 1. The molecule has 0 saturated carbocycles. The minimum absolute atomic E-state index is 0.112. The zero-order chi connectivity index (χ0) is 19.5. The Bertz CT molecular complexity index is 1010. The molecule has 1 aliphatic heterocycles. The van der Waals surface area contributed by atoms with E-state index in [2.05, 4.69) is 31.2 Å².